The van der Waals surface area contributed by atoms with Gasteiger partial charge in [0.05, 0.1) is 18.6 Å². The van der Waals surface area contributed by atoms with Crippen LogP contribution in [0, 0.1) is 5.82 Å². The number of nitrogens with zero attached hydrogens (tertiary/aromatic N) is 1. The van der Waals surface area contributed by atoms with E-state index >= 15 is 0 Å². The predicted molar refractivity (Wildman–Crippen MR) is 135 cm³/mol. The summed E-state index contributed by atoms with van der Waals surface area (Å²) in [5.41, 5.74) is 6.23. The van der Waals surface area contributed by atoms with Crippen LogP contribution >= 0.6 is 11.6 Å². The highest BCUT2D eigenvalue weighted by Crippen LogP contribution is 2.18. The molecular weight excluding hydrogens is 511 g/mol. The minimum atomic E-state index is -2.72. The first-order chi connectivity index (χ1) is 17.7. The number of hydrogen-bond donors (Lipinski definition) is 4. The average molecular weight is 538 g/mol. The maximum Gasteiger partial charge on any atom is 0.412 e. The van der Waals surface area contributed by atoms with Gasteiger partial charge in [-0.15, -0.1) is 0 Å². The number of alkyl halides is 2. The van der Waals surface area contributed by atoms with Gasteiger partial charge in [-0.05, 0) is 54.1 Å². The normalized spacial score (nSPS) is 12.8. The second kappa shape index (κ2) is 13.8. The molecule has 2 atom stereocenters. The second-order valence-corrected chi connectivity index (χ2v) is 8.73. The molecule has 2 amide bonds. The summed E-state index contributed by atoms with van der Waals surface area (Å²) in [6, 6.07) is 10.6. The summed E-state index contributed by atoms with van der Waals surface area (Å²) in [5.74, 6) is -0.730. The minimum Gasteiger partial charge on any atom is -0.447 e. The summed E-state index contributed by atoms with van der Waals surface area (Å²) in [7, 11) is 0. The molecular formula is C25H27ClF3N5O3. The number of rotatable bonds is 12. The van der Waals surface area contributed by atoms with Crippen molar-refractivity contribution in [3.05, 3.63) is 71.1 Å². The molecule has 2 aromatic carbocycles. The van der Waals surface area contributed by atoms with Crippen molar-refractivity contribution in [2.75, 3.05) is 18.5 Å². The number of hydrogen-bond acceptors (Lipinski definition) is 6. The smallest absolute Gasteiger partial charge is 0.412 e. The molecule has 3 aromatic rings. The number of amides is 2. The molecule has 0 aliphatic rings. The monoisotopic (exact) mass is 537 g/mol. The molecule has 1 aromatic heterocycles. The molecule has 3 rings (SSSR count). The molecule has 37 heavy (non-hydrogen) atoms. The van der Waals surface area contributed by atoms with Crippen LogP contribution in [0.2, 0.25) is 5.02 Å². The SMILES string of the molecule is NC(CC[C@@H](COC(=O)Nc1cc2cc(F)ccc2cn1)NC(=O)CNCc1ccccc1Cl)C(F)F. The van der Waals surface area contributed by atoms with Crippen molar-refractivity contribution in [1.29, 1.82) is 0 Å². The fourth-order valence-electron chi connectivity index (χ4n) is 3.45. The molecule has 0 radical (unpaired) electrons. The number of halogens is 4. The van der Waals surface area contributed by atoms with Gasteiger partial charge < -0.3 is 21.1 Å². The Labute approximate surface area is 216 Å². The van der Waals surface area contributed by atoms with Crippen LogP contribution in [0.3, 0.4) is 0 Å². The third-order valence-corrected chi connectivity index (χ3v) is 5.79. The number of nitrogens with one attached hydrogen (secondary N) is 3. The van der Waals surface area contributed by atoms with Crippen molar-refractivity contribution in [2.24, 2.45) is 5.73 Å². The Morgan fingerprint density at radius 2 is 1.86 bits per heavy atom. The lowest BCUT2D eigenvalue weighted by molar-refractivity contribution is -0.121. The number of ether oxygens (including phenoxy) is 1. The van der Waals surface area contributed by atoms with E-state index in [1.165, 1.54) is 24.4 Å². The molecule has 0 aliphatic carbocycles. The molecule has 1 heterocycles. The Kier molecular flexibility index (Phi) is 10.5. The van der Waals surface area contributed by atoms with E-state index in [0.29, 0.717) is 22.3 Å². The van der Waals surface area contributed by atoms with Gasteiger partial charge in [0.2, 0.25) is 5.91 Å². The van der Waals surface area contributed by atoms with Crippen LogP contribution in [0.1, 0.15) is 18.4 Å². The van der Waals surface area contributed by atoms with E-state index < -0.39 is 36.3 Å². The van der Waals surface area contributed by atoms with E-state index in [1.807, 2.05) is 12.1 Å². The zero-order valence-electron chi connectivity index (χ0n) is 19.7. The lowest BCUT2D eigenvalue weighted by Gasteiger charge is -2.21. The molecule has 0 bridgehead atoms. The van der Waals surface area contributed by atoms with Gasteiger partial charge in [-0.2, -0.15) is 0 Å². The predicted octanol–water partition coefficient (Wildman–Crippen LogP) is 4.22. The quantitative estimate of drug-likeness (QED) is 0.275. The minimum absolute atomic E-state index is 0.0581. The largest absolute Gasteiger partial charge is 0.447 e. The molecule has 0 saturated heterocycles. The van der Waals surface area contributed by atoms with Gasteiger partial charge in [0.1, 0.15) is 18.2 Å². The van der Waals surface area contributed by atoms with Crippen molar-refractivity contribution in [1.82, 2.24) is 15.6 Å². The number of benzene rings is 2. The molecule has 1 unspecified atom stereocenters. The highest BCUT2D eigenvalue weighted by Gasteiger charge is 2.20. The van der Waals surface area contributed by atoms with Gasteiger partial charge in [-0.1, -0.05) is 29.8 Å². The maximum absolute atomic E-state index is 13.5. The summed E-state index contributed by atoms with van der Waals surface area (Å²) in [5, 5.41) is 9.81. The Morgan fingerprint density at radius 3 is 2.62 bits per heavy atom. The Morgan fingerprint density at radius 1 is 1.08 bits per heavy atom. The molecule has 198 valence electrons. The fourth-order valence-corrected chi connectivity index (χ4v) is 3.65. The van der Waals surface area contributed by atoms with Gasteiger partial charge >= 0.3 is 6.09 Å². The average Bonchev–Trinajstić information content (AvgIpc) is 2.86. The van der Waals surface area contributed by atoms with E-state index in [4.69, 9.17) is 22.1 Å². The van der Waals surface area contributed by atoms with Gasteiger partial charge in [-0.25, -0.2) is 22.9 Å². The molecule has 8 nitrogen and oxygen atoms in total. The zero-order valence-corrected chi connectivity index (χ0v) is 20.5. The lowest BCUT2D eigenvalue weighted by atomic mass is 10.1. The van der Waals surface area contributed by atoms with Gasteiger partial charge in [0.15, 0.2) is 0 Å². The molecule has 0 saturated carbocycles. The summed E-state index contributed by atoms with van der Waals surface area (Å²) < 4.78 is 44.3. The van der Waals surface area contributed by atoms with Crippen LogP contribution in [0.4, 0.5) is 23.8 Å². The fraction of sp³-hybridized carbons (Fsp3) is 0.320. The number of anilines is 1. The Hall–Kier alpha value is -3.41. The summed E-state index contributed by atoms with van der Waals surface area (Å²) in [6.45, 7) is -0.0256. The van der Waals surface area contributed by atoms with E-state index in [9.17, 15) is 22.8 Å². The number of nitrogens with two attached hydrogens (primary N) is 1. The number of fused-ring (bicyclic) bond motifs is 1. The molecule has 0 fully saturated rings. The van der Waals surface area contributed by atoms with Crippen LogP contribution in [0.25, 0.3) is 10.8 Å². The molecule has 0 spiro atoms. The van der Waals surface area contributed by atoms with Gasteiger partial charge in [0, 0.05) is 23.2 Å². The van der Waals surface area contributed by atoms with Crippen LogP contribution in [0.5, 0.6) is 0 Å². The van der Waals surface area contributed by atoms with Crippen LogP contribution < -0.4 is 21.7 Å². The van der Waals surface area contributed by atoms with E-state index in [1.54, 1.807) is 18.2 Å². The highest BCUT2D eigenvalue weighted by molar-refractivity contribution is 6.31. The summed E-state index contributed by atoms with van der Waals surface area (Å²) >= 11 is 6.10. The first kappa shape index (κ1) is 28.2. The van der Waals surface area contributed by atoms with E-state index in [-0.39, 0.29) is 31.8 Å². The first-order valence-electron chi connectivity index (χ1n) is 11.5. The first-order valence-corrected chi connectivity index (χ1v) is 11.9. The Bertz CT molecular complexity index is 1220. The summed E-state index contributed by atoms with van der Waals surface area (Å²) in [6.07, 6.45) is -2.17. The van der Waals surface area contributed by atoms with Gasteiger partial charge in [0.25, 0.3) is 6.43 Å². The van der Waals surface area contributed by atoms with Crippen molar-refractivity contribution < 1.29 is 27.5 Å². The van der Waals surface area contributed by atoms with Crippen molar-refractivity contribution in [2.45, 2.75) is 37.9 Å². The number of pyridine rings is 1. The van der Waals surface area contributed by atoms with E-state index in [0.717, 1.165) is 5.56 Å². The number of carbonyl (C=O) groups is 2. The zero-order chi connectivity index (χ0) is 26.8. The standard InChI is InChI=1S/C25H27ClF3N5O3/c26-20-4-2-1-3-16(20)11-31-13-23(35)33-19(7-8-21(30)24(28)29)14-37-25(36)34-22-10-17-9-18(27)6-5-15(17)12-32-22/h1-6,9-10,12,19,21,24,31H,7-8,11,13-14,30H2,(H,33,35)(H,32,34,36)/t19-,21?/m0/s1. The molecule has 5 N–H and O–H groups in total. The molecule has 12 heteroatoms. The van der Waals surface area contributed by atoms with Gasteiger partial charge in [-0.3, -0.25) is 10.1 Å². The Balaban J connectivity index is 1.53. The van der Waals surface area contributed by atoms with Crippen LogP contribution in [-0.4, -0.2) is 48.6 Å². The lowest BCUT2D eigenvalue weighted by Crippen LogP contribution is -2.44. The molecule has 0 aliphatic heterocycles. The topological polar surface area (TPSA) is 118 Å². The van der Waals surface area contributed by atoms with Crippen molar-refractivity contribution >= 4 is 40.2 Å². The highest BCUT2D eigenvalue weighted by atomic mass is 35.5. The number of aromatic nitrogens is 1. The van der Waals surface area contributed by atoms with Crippen LogP contribution in [0.15, 0.2) is 54.7 Å². The van der Waals surface area contributed by atoms with Crippen LogP contribution in [-0.2, 0) is 16.1 Å². The third kappa shape index (κ3) is 9.19. The van der Waals surface area contributed by atoms with E-state index in [2.05, 4.69) is 20.9 Å². The van der Waals surface area contributed by atoms with Crippen molar-refractivity contribution in [3.63, 3.8) is 0 Å². The van der Waals surface area contributed by atoms with Crippen molar-refractivity contribution in [3.8, 4) is 0 Å². The number of carbonyl (C=O) groups excluding carboxylic acids is 2. The third-order valence-electron chi connectivity index (χ3n) is 5.43. The maximum atomic E-state index is 13.5. The summed E-state index contributed by atoms with van der Waals surface area (Å²) in [4.78, 5) is 28.8. The second-order valence-electron chi connectivity index (χ2n) is 8.32.